The molecule has 140 valence electrons. The molecule has 27 heavy (non-hydrogen) atoms. The van der Waals surface area contributed by atoms with Crippen LogP contribution in [0.2, 0.25) is 0 Å². The second-order valence-electron chi connectivity index (χ2n) is 6.65. The van der Waals surface area contributed by atoms with E-state index in [1.165, 1.54) is 5.56 Å². The third kappa shape index (κ3) is 6.19. The van der Waals surface area contributed by atoms with Gasteiger partial charge in [0.1, 0.15) is 5.84 Å². The number of thiol groups is 1. The minimum Gasteiger partial charge on any atom is -0.384 e. The van der Waals surface area contributed by atoms with Gasteiger partial charge in [-0.05, 0) is 54.3 Å². The Morgan fingerprint density at radius 3 is 2.07 bits per heavy atom. The highest BCUT2D eigenvalue weighted by molar-refractivity contribution is 7.80. The molecular formula is C23H27N3S. The molecule has 4 N–H and O–H groups in total. The molecule has 0 amide bonds. The third-order valence-electron chi connectivity index (χ3n) is 4.17. The van der Waals surface area contributed by atoms with Crippen LogP contribution in [-0.4, -0.2) is 5.84 Å². The summed E-state index contributed by atoms with van der Waals surface area (Å²) in [5, 5.41) is 11.1. The molecule has 3 rings (SSSR count). The van der Waals surface area contributed by atoms with Gasteiger partial charge in [-0.1, -0.05) is 56.3 Å². The first kappa shape index (κ1) is 20.6. The van der Waals surface area contributed by atoms with Crippen LogP contribution in [-0.2, 0) is 0 Å². The number of rotatable bonds is 4. The lowest BCUT2D eigenvalue weighted by Gasteiger charge is -2.16. The lowest BCUT2D eigenvalue weighted by Crippen LogP contribution is -2.14. The Bertz CT molecular complexity index is 889. The summed E-state index contributed by atoms with van der Waals surface area (Å²) in [7, 11) is 0. The molecule has 0 heterocycles. The van der Waals surface area contributed by atoms with Crippen LogP contribution in [0.25, 0.3) is 0 Å². The van der Waals surface area contributed by atoms with Crippen molar-refractivity contribution in [2.45, 2.75) is 31.6 Å². The van der Waals surface area contributed by atoms with Gasteiger partial charge in [0.05, 0.1) is 0 Å². The van der Waals surface area contributed by atoms with Crippen LogP contribution in [0.1, 0.15) is 36.5 Å². The molecule has 3 aromatic carbocycles. The number of aryl methyl sites for hydroxylation is 1. The molecular weight excluding hydrogens is 350 g/mol. The van der Waals surface area contributed by atoms with Gasteiger partial charge in [-0.25, -0.2) is 0 Å². The van der Waals surface area contributed by atoms with Gasteiger partial charge in [0.15, 0.2) is 0 Å². The lowest BCUT2D eigenvalue weighted by atomic mass is 9.99. The zero-order valence-corrected chi connectivity index (χ0v) is 16.9. The SMILES string of the molecule is Cc1ccccc1Nc1cc(C(C)C)ccc1C(=N)N.Sc1ccccc1. The highest BCUT2D eigenvalue weighted by atomic mass is 32.1. The van der Waals surface area contributed by atoms with Gasteiger partial charge in [-0.15, -0.1) is 12.6 Å². The number of nitrogen functional groups attached to an aromatic ring is 1. The molecule has 4 heteroatoms. The minimum atomic E-state index is 0.0800. The van der Waals surface area contributed by atoms with Gasteiger partial charge in [0.2, 0.25) is 0 Å². The van der Waals surface area contributed by atoms with Gasteiger partial charge < -0.3 is 11.1 Å². The van der Waals surface area contributed by atoms with E-state index in [1.807, 2.05) is 60.7 Å². The molecule has 0 saturated heterocycles. The van der Waals surface area contributed by atoms with Crippen molar-refractivity contribution in [3.8, 4) is 0 Å². The summed E-state index contributed by atoms with van der Waals surface area (Å²) in [6, 6.07) is 23.9. The van der Waals surface area contributed by atoms with Crippen molar-refractivity contribution < 1.29 is 0 Å². The number of hydrogen-bond donors (Lipinski definition) is 4. The summed E-state index contributed by atoms with van der Waals surface area (Å²) >= 11 is 4.08. The van der Waals surface area contributed by atoms with Gasteiger partial charge in [-0.2, -0.15) is 0 Å². The Labute approximate surface area is 167 Å². The smallest absolute Gasteiger partial charge is 0.124 e. The van der Waals surface area contributed by atoms with E-state index < -0.39 is 0 Å². The summed E-state index contributed by atoms with van der Waals surface area (Å²) in [4.78, 5) is 1.02. The molecule has 3 nitrogen and oxygen atoms in total. The Hall–Kier alpha value is -2.72. The van der Waals surface area contributed by atoms with Gasteiger partial charge >= 0.3 is 0 Å². The Kier molecular flexibility index (Phi) is 7.50. The zero-order chi connectivity index (χ0) is 19.8. The number of hydrogen-bond acceptors (Lipinski definition) is 3. The Morgan fingerprint density at radius 1 is 0.926 bits per heavy atom. The van der Waals surface area contributed by atoms with E-state index in [9.17, 15) is 0 Å². The molecule has 0 spiro atoms. The number of benzene rings is 3. The van der Waals surface area contributed by atoms with E-state index in [-0.39, 0.29) is 5.84 Å². The lowest BCUT2D eigenvalue weighted by molar-refractivity contribution is 0.867. The topological polar surface area (TPSA) is 61.9 Å². The molecule has 0 aliphatic carbocycles. The highest BCUT2D eigenvalue weighted by Gasteiger charge is 2.09. The fourth-order valence-corrected chi connectivity index (χ4v) is 2.72. The first-order valence-electron chi connectivity index (χ1n) is 8.93. The van der Waals surface area contributed by atoms with Crippen LogP contribution in [0.4, 0.5) is 11.4 Å². The zero-order valence-electron chi connectivity index (χ0n) is 16.0. The second-order valence-corrected chi connectivity index (χ2v) is 7.17. The fourth-order valence-electron chi connectivity index (χ4n) is 2.55. The first-order valence-corrected chi connectivity index (χ1v) is 9.38. The van der Waals surface area contributed by atoms with Crippen molar-refractivity contribution in [1.29, 1.82) is 5.41 Å². The van der Waals surface area contributed by atoms with Crippen LogP contribution < -0.4 is 11.1 Å². The van der Waals surface area contributed by atoms with Gasteiger partial charge in [0.25, 0.3) is 0 Å². The maximum Gasteiger partial charge on any atom is 0.124 e. The number of nitrogens with one attached hydrogen (secondary N) is 2. The quantitative estimate of drug-likeness (QED) is 0.251. The molecule has 0 unspecified atom stereocenters. The summed E-state index contributed by atoms with van der Waals surface area (Å²) in [6.45, 7) is 6.36. The van der Waals surface area contributed by atoms with Crippen molar-refractivity contribution in [3.63, 3.8) is 0 Å². The molecule has 0 radical (unpaired) electrons. The van der Waals surface area contributed by atoms with Crippen LogP contribution >= 0.6 is 12.6 Å². The van der Waals surface area contributed by atoms with E-state index >= 15 is 0 Å². The summed E-state index contributed by atoms with van der Waals surface area (Å²) in [5.74, 6) is 0.518. The van der Waals surface area contributed by atoms with E-state index in [2.05, 4.69) is 50.8 Å². The summed E-state index contributed by atoms with van der Waals surface area (Å²) in [5.41, 5.74) is 10.7. The maximum atomic E-state index is 7.71. The van der Waals surface area contributed by atoms with Gasteiger partial charge in [0, 0.05) is 21.8 Å². The molecule has 0 fully saturated rings. The van der Waals surface area contributed by atoms with Crippen molar-refractivity contribution in [1.82, 2.24) is 0 Å². The summed E-state index contributed by atoms with van der Waals surface area (Å²) in [6.07, 6.45) is 0. The van der Waals surface area contributed by atoms with Crippen LogP contribution in [0, 0.1) is 12.3 Å². The van der Waals surface area contributed by atoms with Crippen LogP contribution in [0.15, 0.2) is 77.7 Å². The predicted octanol–water partition coefficient (Wildman–Crippen LogP) is 6.12. The molecule has 0 saturated carbocycles. The van der Waals surface area contributed by atoms with E-state index in [1.54, 1.807) is 0 Å². The summed E-state index contributed by atoms with van der Waals surface area (Å²) < 4.78 is 0. The molecule has 0 bridgehead atoms. The molecule has 0 atom stereocenters. The van der Waals surface area contributed by atoms with Crippen molar-refractivity contribution in [3.05, 3.63) is 89.5 Å². The largest absolute Gasteiger partial charge is 0.384 e. The normalized spacial score (nSPS) is 10.1. The Morgan fingerprint density at radius 2 is 1.56 bits per heavy atom. The van der Waals surface area contributed by atoms with Crippen LogP contribution in [0.3, 0.4) is 0 Å². The van der Waals surface area contributed by atoms with Crippen molar-refractivity contribution >= 4 is 29.8 Å². The van der Waals surface area contributed by atoms with Crippen LogP contribution in [0.5, 0.6) is 0 Å². The average Bonchev–Trinajstić information content (AvgIpc) is 2.64. The number of amidine groups is 1. The third-order valence-corrected chi connectivity index (χ3v) is 4.47. The molecule has 3 aromatic rings. The monoisotopic (exact) mass is 377 g/mol. The first-order chi connectivity index (χ1) is 12.9. The fraction of sp³-hybridized carbons (Fsp3) is 0.174. The standard InChI is InChI=1S/C17H21N3.C6H6S/c1-11(2)13-8-9-14(17(18)19)16(10-13)20-15-7-5-4-6-12(15)3;7-6-4-2-1-3-5-6/h4-11,20H,1-3H3,(H3,18,19);1-5,7H. The maximum absolute atomic E-state index is 7.71. The number of para-hydroxylation sites is 1. The average molecular weight is 378 g/mol. The predicted molar refractivity (Wildman–Crippen MR) is 120 cm³/mol. The van der Waals surface area contributed by atoms with E-state index in [4.69, 9.17) is 11.1 Å². The van der Waals surface area contributed by atoms with Crippen molar-refractivity contribution in [2.24, 2.45) is 5.73 Å². The molecule has 0 aliphatic rings. The number of anilines is 2. The highest BCUT2D eigenvalue weighted by Crippen LogP contribution is 2.27. The number of nitrogens with two attached hydrogens (primary N) is 1. The van der Waals surface area contributed by atoms with Crippen molar-refractivity contribution in [2.75, 3.05) is 5.32 Å². The van der Waals surface area contributed by atoms with E-state index in [0.717, 1.165) is 27.4 Å². The second kappa shape index (κ2) is 9.83. The Balaban J connectivity index is 0.000000313. The molecule has 0 aromatic heterocycles. The van der Waals surface area contributed by atoms with E-state index in [0.29, 0.717) is 5.92 Å². The minimum absolute atomic E-state index is 0.0800. The van der Waals surface area contributed by atoms with Gasteiger partial charge in [-0.3, -0.25) is 5.41 Å². The molecule has 0 aliphatic heterocycles.